The van der Waals surface area contributed by atoms with Crippen LogP contribution in [-0.2, 0) is 0 Å². The van der Waals surface area contributed by atoms with Gasteiger partial charge in [-0.15, -0.1) is 24.0 Å². The fraction of sp³-hybridized carbons (Fsp3) is 0.714. The number of hydrogen-bond donors (Lipinski definition) is 1. The molecule has 120 valence electrons. The van der Waals surface area contributed by atoms with Crippen molar-refractivity contribution in [1.29, 1.82) is 0 Å². The molecule has 1 aromatic heterocycles. The van der Waals surface area contributed by atoms with Gasteiger partial charge in [0.25, 0.3) is 0 Å². The predicted octanol–water partition coefficient (Wildman–Crippen LogP) is 2.32. The molecule has 2 unspecified atom stereocenters. The van der Waals surface area contributed by atoms with Crippen LogP contribution in [0.25, 0.3) is 0 Å². The molecule has 0 spiro atoms. The predicted molar refractivity (Wildman–Crippen MR) is 102 cm³/mol. The molecule has 2 rings (SSSR count). The summed E-state index contributed by atoms with van der Waals surface area (Å²) in [5, 5.41) is 3.45. The molecule has 1 aliphatic heterocycles. The number of thioether (sulfide) groups is 1. The molecule has 0 radical (unpaired) electrons. The van der Waals surface area contributed by atoms with Crippen molar-refractivity contribution in [2.75, 3.05) is 38.7 Å². The SMILES string of the molecule is CN=C(NCCSC)N1CCC(C)C(n2ccnc2)C1.I. The van der Waals surface area contributed by atoms with E-state index >= 15 is 0 Å². The molecular weight excluding hydrogens is 397 g/mol. The second-order valence-corrected chi connectivity index (χ2v) is 6.24. The van der Waals surface area contributed by atoms with Gasteiger partial charge in [-0.2, -0.15) is 11.8 Å². The fourth-order valence-electron chi connectivity index (χ4n) is 2.69. The van der Waals surface area contributed by atoms with Gasteiger partial charge in [0.1, 0.15) is 0 Å². The van der Waals surface area contributed by atoms with Crippen LogP contribution in [0.3, 0.4) is 0 Å². The first kappa shape index (κ1) is 18.6. The lowest BCUT2D eigenvalue weighted by Crippen LogP contribution is -2.49. The second kappa shape index (κ2) is 9.55. The van der Waals surface area contributed by atoms with E-state index < -0.39 is 0 Å². The lowest BCUT2D eigenvalue weighted by atomic mass is 9.93. The molecule has 2 atom stereocenters. The molecule has 1 saturated heterocycles. The standard InChI is InChI=1S/C14H25N5S.HI/c1-12-4-7-18(14(15-2)17-6-9-20-3)10-13(12)19-8-5-16-11-19;/h5,8,11-13H,4,6-7,9-10H2,1-3H3,(H,15,17);1H. The summed E-state index contributed by atoms with van der Waals surface area (Å²) >= 11 is 1.85. The Labute approximate surface area is 149 Å². The molecule has 2 heterocycles. The van der Waals surface area contributed by atoms with Crippen molar-refractivity contribution in [1.82, 2.24) is 19.8 Å². The number of aliphatic imine (C=N–C) groups is 1. The number of hydrogen-bond acceptors (Lipinski definition) is 3. The molecule has 21 heavy (non-hydrogen) atoms. The lowest BCUT2D eigenvalue weighted by Gasteiger charge is -2.39. The summed E-state index contributed by atoms with van der Waals surface area (Å²) < 4.78 is 2.23. The average molecular weight is 423 g/mol. The highest BCUT2D eigenvalue weighted by Crippen LogP contribution is 2.27. The van der Waals surface area contributed by atoms with E-state index in [1.807, 2.05) is 31.3 Å². The maximum absolute atomic E-state index is 4.42. The smallest absolute Gasteiger partial charge is 0.193 e. The molecule has 1 aliphatic rings. The molecule has 7 heteroatoms. The Morgan fingerprint density at radius 3 is 2.95 bits per heavy atom. The second-order valence-electron chi connectivity index (χ2n) is 5.26. The van der Waals surface area contributed by atoms with E-state index in [-0.39, 0.29) is 24.0 Å². The Hall–Kier alpha value is -0.440. The molecule has 0 bridgehead atoms. The van der Waals surface area contributed by atoms with Gasteiger partial charge in [0.15, 0.2) is 5.96 Å². The number of imidazole rings is 1. The minimum absolute atomic E-state index is 0. The number of aromatic nitrogens is 2. The van der Waals surface area contributed by atoms with Crippen LogP contribution in [0.4, 0.5) is 0 Å². The van der Waals surface area contributed by atoms with E-state index in [0.717, 1.165) is 31.3 Å². The average Bonchev–Trinajstić information content (AvgIpc) is 2.99. The van der Waals surface area contributed by atoms with Crippen LogP contribution in [0, 0.1) is 5.92 Å². The van der Waals surface area contributed by atoms with Crippen LogP contribution in [-0.4, -0.2) is 59.1 Å². The van der Waals surface area contributed by atoms with Crippen molar-refractivity contribution in [3.05, 3.63) is 18.7 Å². The topological polar surface area (TPSA) is 45.5 Å². The van der Waals surface area contributed by atoms with Gasteiger partial charge >= 0.3 is 0 Å². The summed E-state index contributed by atoms with van der Waals surface area (Å²) in [6.45, 7) is 5.36. The Balaban J connectivity index is 0.00000220. The van der Waals surface area contributed by atoms with E-state index in [1.165, 1.54) is 6.42 Å². The van der Waals surface area contributed by atoms with E-state index in [9.17, 15) is 0 Å². The van der Waals surface area contributed by atoms with E-state index in [1.54, 1.807) is 0 Å². The van der Waals surface area contributed by atoms with Gasteiger partial charge in [-0.1, -0.05) is 6.92 Å². The Morgan fingerprint density at radius 1 is 1.52 bits per heavy atom. The maximum atomic E-state index is 4.42. The molecule has 0 aliphatic carbocycles. The van der Waals surface area contributed by atoms with Crippen LogP contribution in [0.15, 0.2) is 23.7 Å². The Bertz CT molecular complexity index is 423. The first-order valence-electron chi connectivity index (χ1n) is 7.18. The zero-order valence-electron chi connectivity index (χ0n) is 13.0. The van der Waals surface area contributed by atoms with Gasteiger partial charge < -0.3 is 14.8 Å². The highest BCUT2D eigenvalue weighted by atomic mass is 127. The quantitative estimate of drug-likeness (QED) is 0.350. The molecular formula is C14H26IN5S. The number of rotatable bonds is 4. The van der Waals surface area contributed by atoms with Crippen molar-refractivity contribution in [2.45, 2.75) is 19.4 Å². The monoisotopic (exact) mass is 423 g/mol. The van der Waals surface area contributed by atoms with Crippen molar-refractivity contribution < 1.29 is 0 Å². The van der Waals surface area contributed by atoms with Crippen molar-refractivity contribution in [3.63, 3.8) is 0 Å². The summed E-state index contributed by atoms with van der Waals surface area (Å²) in [5.41, 5.74) is 0. The summed E-state index contributed by atoms with van der Waals surface area (Å²) in [4.78, 5) is 11.0. The number of halogens is 1. The van der Waals surface area contributed by atoms with E-state index in [2.05, 4.69) is 44.1 Å². The highest BCUT2D eigenvalue weighted by Gasteiger charge is 2.28. The van der Waals surface area contributed by atoms with Gasteiger partial charge in [-0.05, 0) is 18.6 Å². The fourth-order valence-corrected chi connectivity index (χ4v) is 3.00. The van der Waals surface area contributed by atoms with E-state index in [4.69, 9.17) is 0 Å². The zero-order chi connectivity index (χ0) is 14.4. The minimum atomic E-state index is 0. The summed E-state index contributed by atoms with van der Waals surface area (Å²) in [5.74, 6) is 2.80. The Morgan fingerprint density at radius 2 is 2.33 bits per heavy atom. The van der Waals surface area contributed by atoms with Gasteiger partial charge in [0.05, 0.1) is 12.4 Å². The number of nitrogens with one attached hydrogen (secondary N) is 1. The summed E-state index contributed by atoms with van der Waals surface area (Å²) in [6.07, 6.45) is 9.16. The van der Waals surface area contributed by atoms with Gasteiger partial charge in [-0.25, -0.2) is 4.98 Å². The number of likely N-dealkylation sites (tertiary alicyclic amines) is 1. The molecule has 1 aromatic rings. The third-order valence-corrected chi connectivity index (χ3v) is 4.54. The van der Waals surface area contributed by atoms with E-state index in [0.29, 0.717) is 12.0 Å². The molecule has 1 N–H and O–H groups in total. The molecule has 0 amide bonds. The van der Waals surface area contributed by atoms with Crippen LogP contribution in [0.5, 0.6) is 0 Å². The van der Waals surface area contributed by atoms with Crippen LogP contribution < -0.4 is 5.32 Å². The minimum Gasteiger partial charge on any atom is -0.355 e. The van der Waals surface area contributed by atoms with Gasteiger partial charge in [0, 0.05) is 44.8 Å². The molecule has 0 saturated carbocycles. The largest absolute Gasteiger partial charge is 0.355 e. The van der Waals surface area contributed by atoms with Gasteiger partial charge in [-0.3, -0.25) is 4.99 Å². The van der Waals surface area contributed by atoms with Crippen LogP contribution in [0.2, 0.25) is 0 Å². The van der Waals surface area contributed by atoms with Crippen molar-refractivity contribution in [3.8, 4) is 0 Å². The van der Waals surface area contributed by atoms with Crippen LogP contribution >= 0.6 is 35.7 Å². The zero-order valence-corrected chi connectivity index (χ0v) is 16.2. The number of guanidine groups is 1. The first-order valence-corrected chi connectivity index (χ1v) is 8.57. The summed E-state index contributed by atoms with van der Waals surface area (Å²) in [7, 11) is 1.87. The summed E-state index contributed by atoms with van der Waals surface area (Å²) in [6, 6.07) is 0.477. The molecule has 5 nitrogen and oxygen atoms in total. The first-order chi connectivity index (χ1) is 9.76. The van der Waals surface area contributed by atoms with Crippen LogP contribution in [0.1, 0.15) is 19.4 Å². The highest BCUT2D eigenvalue weighted by molar-refractivity contribution is 14.0. The number of piperidine rings is 1. The third kappa shape index (κ3) is 5.05. The van der Waals surface area contributed by atoms with Crippen molar-refractivity contribution >= 4 is 41.7 Å². The molecule has 1 fully saturated rings. The van der Waals surface area contributed by atoms with Crippen molar-refractivity contribution in [2.24, 2.45) is 10.9 Å². The maximum Gasteiger partial charge on any atom is 0.193 e. The lowest BCUT2D eigenvalue weighted by molar-refractivity contribution is 0.189. The number of nitrogens with zero attached hydrogens (tertiary/aromatic N) is 4. The normalized spacial score (nSPS) is 22.8. The van der Waals surface area contributed by atoms with Gasteiger partial charge in [0.2, 0.25) is 0 Å². The third-order valence-electron chi connectivity index (χ3n) is 3.93. The molecule has 0 aromatic carbocycles. The Kier molecular flexibility index (Phi) is 8.46.